The van der Waals surface area contributed by atoms with E-state index in [0.717, 1.165) is 6.07 Å². The van der Waals surface area contributed by atoms with Gasteiger partial charge in [-0.05, 0) is 42.5 Å². The molecule has 0 aliphatic heterocycles. The Morgan fingerprint density at radius 2 is 1.87 bits per heavy atom. The Kier molecular flexibility index (Phi) is 5.37. The van der Waals surface area contributed by atoms with Crippen LogP contribution in [0.4, 0.5) is 10.1 Å². The molecule has 118 valence electrons. The van der Waals surface area contributed by atoms with Crippen molar-refractivity contribution < 1.29 is 18.7 Å². The molecular formula is C16H13FN2O3S. The number of thiocarbonyl (C=S) groups is 1. The number of anilines is 1. The second-order valence-electron chi connectivity index (χ2n) is 4.46. The summed E-state index contributed by atoms with van der Waals surface area (Å²) in [5, 5.41) is 5.15. The van der Waals surface area contributed by atoms with Gasteiger partial charge in [-0.25, -0.2) is 9.18 Å². The minimum Gasteiger partial charge on any atom is -0.465 e. The number of hydrogen-bond acceptors (Lipinski definition) is 4. The van der Waals surface area contributed by atoms with E-state index in [9.17, 15) is 14.0 Å². The van der Waals surface area contributed by atoms with Gasteiger partial charge in [-0.2, -0.15) is 0 Å². The zero-order valence-electron chi connectivity index (χ0n) is 12.1. The average molecular weight is 332 g/mol. The lowest BCUT2D eigenvalue weighted by atomic mass is 10.2. The van der Waals surface area contributed by atoms with E-state index in [-0.39, 0.29) is 16.2 Å². The quantitative estimate of drug-likeness (QED) is 0.668. The third kappa shape index (κ3) is 4.33. The van der Waals surface area contributed by atoms with Gasteiger partial charge in [0.1, 0.15) is 5.82 Å². The summed E-state index contributed by atoms with van der Waals surface area (Å²) in [6.07, 6.45) is 0. The van der Waals surface area contributed by atoms with Crippen molar-refractivity contribution >= 4 is 34.9 Å². The fourth-order valence-corrected chi connectivity index (χ4v) is 2.04. The maximum atomic E-state index is 13.1. The van der Waals surface area contributed by atoms with Crippen molar-refractivity contribution in [3.05, 3.63) is 65.5 Å². The highest BCUT2D eigenvalue weighted by Gasteiger charge is 2.13. The Morgan fingerprint density at radius 3 is 2.57 bits per heavy atom. The molecule has 5 nitrogen and oxygen atoms in total. The second kappa shape index (κ2) is 7.46. The van der Waals surface area contributed by atoms with Gasteiger partial charge in [0, 0.05) is 5.56 Å². The van der Waals surface area contributed by atoms with E-state index in [1.165, 1.54) is 25.3 Å². The van der Waals surface area contributed by atoms with Gasteiger partial charge in [0.25, 0.3) is 5.91 Å². The van der Waals surface area contributed by atoms with Crippen molar-refractivity contribution in [1.29, 1.82) is 0 Å². The van der Waals surface area contributed by atoms with Crippen molar-refractivity contribution in [2.24, 2.45) is 0 Å². The van der Waals surface area contributed by atoms with Crippen LogP contribution in [0.3, 0.4) is 0 Å². The molecule has 0 atom stereocenters. The van der Waals surface area contributed by atoms with E-state index in [2.05, 4.69) is 15.4 Å². The summed E-state index contributed by atoms with van der Waals surface area (Å²) in [5.41, 5.74) is 0.802. The zero-order valence-corrected chi connectivity index (χ0v) is 12.9. The Balaban J connectivity index is 2.08. The molecule has 0 fully saturated rings. The zero-order chi connectivity index (χ0) is 16.8. The number of amides is 1. The van der Waals surface area contributed by atoms with Gasteiger partial charge in [0.05, 0.1) is 18.4 Å². The van der Waals surface area contributed by atoms with Crippen molar-refractivity contribution in [2.45, 2.75) is 0 Å². The highest BCUT2D eigenvalue weighted by atomic mass is 32.1. The summed E-state index contributed by atoms with van der Waals surface area (Å²) in [7, 11) is 1.27. The van der Waals surface area contributed by atoms with E-state index >= 15 is 0 Å². The van der Waals surface area contributed by atoms with Crippen LogP contribution in [0, 0.1) is 5.82 Å². The molecule has 0 saturated heterocycles. The molecule has 2 aromatic carbocycles. The Morgan fingerprint density at radius 1 is 1.13 bits per heavy atom. The maximum absolute atomic E-state index is 13.1. The molecule has 0 radical (unpaired) electrons. The smallest absolute Gasteiger partial charge is 0.339 e. The van der Waals surface area contributed by atoms with Crippen LogP contribution in [0.2, 0.25) is 0 Å². The minimum atomic E-state index is -0.558. The van der Waals surface area contributed by atoms with Gasteiger partial charge < -0.3 is 10.1 Å². The highest BCUT2D eigenvalue weighted by molar-refractivity contribution is 7.80. The average Bonchev–Trinajstić information content (AvgIpc) is 2.54. The Hall–Kier alpha value is -2.80. The predicted octanol–water partition coefficient (Wildman–Crippen LogP) is 2.74. The van der Waals surface area contributed by atoms with Crippen molar-refractivity contribution in [3.63, 3.8) is 0 Å². The molecule has 0 aliphatic rings. The van der Waals surface area contributed by atoms with Crippen LogP contribution in [0.15, 0.2) is 48.5 Å². The summed E-state index contributed by atoms with van der Waals surface area (Å²) in [6.45, 7) is 0. The van der Waals surface area contributed by atoms with Crippen LogP contribution in [-0.4, -0.2) is 24.1 Å². The molecule has 0 saturated carbocycles. The van der Waals surface area contributed by atoms with Crippen molar-refractivity contribution in [3.8, 4) is 0 Å². The fraction of sp³-hybridized carbons (Fsp3) is 0.0625. The molecule has 2 aromatic rings. The first kappa shape index (κ1) is 16.6. The van der Waals surface area contributed by atoms with Crippen LogP contribution in [0.1, 0.15) is 20.7 Å². The van der Waals surface area contributed by atoms with Crippen LogP contribution < -0.4 is 10.6 Å². The number of hydrogen-bond donors (Lipinski definition) is 2. The fourth-order valence-electron chi connectivity index (χ4n) is 1.84. The number of para-hydroxylation sites is 1. The standard InChI is InChI=1S/C16H13FN2O3S/c1-22-15(21)12-7-2-3-8-13(12)18-16(23)19-14(20)10-5-4-6-11(17)9-10/h2-9H,1H3,(H2,18,19,20,23). The number of methoxy groups -OCH3 is 1. The van der Waals surface area contributed by atoms with Gasteiger partial charge in [0.2, 0.25) is 0 Å². The number of nitrogens with one attached hydrogen (secondary N) is 2. The van der Waals surface area contributed by atoms with Crippen LogP contribution in [0.5, 0.6) is 0 Å². The first-order valence-corrected chi connectivity index (χ1v) is 6.97. The van der Waals surface area contributed by atoms with Gasteiger partial charge in [0.15, 0.2) is 5.11 Å². The minimum absolute atomic E-state index is 0.0179. The van der Waals surface area contributed by atoms with E-state index in [4.69, 9.17) is 12.2 Å². The Labute approximate surface area is 137 Å². The molecule has 0 unspecified atom stereocenters. The SMILES string of the molecule is COC(=O)c1ccccc1NC(=S)NC(=O)c1cccc(F)c1. The first-order chi connectivity index (χ1) is 11.0. The van der Waals surface area contributed by atoms with Gasteiger partial charge >= 0.3 is 5.97 Å². The maximum Gasteiger partial charge on any atom is 0.339 e. The Bertz CT molecular complexity index is 764. The lowest BCUT2D eigenvalue weighted by molar-refractivity contribution is 0.0602. The molecule has 0 bridgehead atoms. The molecule has 23 heavy (non-hydrogen) atoms. The van der Waals surface area contributed by atoms with E-state index in [1.54, 1.807) is 24.3 Å². The summed E-state index contributed by atoms with van der Waals surface area (Å²) in [4.78, 5) is 23.6. The lowest BCUT2D eigenvalue weighted by Gasteiger charge is -2.12. The second-order valence-corrected chi connectivity index (χ2v) is 4.86. The van der Waals surface area contributed by atoms with Gasteiger partial charge in [-0.1, -0.05) is 18.2 Å². The van der Waals surface area contributed by atoms with Crippen LogP contribution >= 0.6 is 12.2 Å². The summed E-state index contributed by atoms with van der Waals surface area (Å²) in [6, 6.07) is 11.8. The predicted molar refractivity (Wildman–Crippen MR) is 87.9 cm³/mol. The number of rotatable bonds is 3. The summed E-state index contributed by atoms with van der Waals surface area (Å²) < 4.78 is 17.8. The molecule has 1 amide bonds. The van der Waals surface area contributed by atoms with E-state index in [1.807, 2.05) is 0 Å². The number of halogens is 1. The molecule has 2 N–H and O–H groups in total. The molecule has 0 spiro atoms. The summed E-state index contributed by atoms with van der Waals surface area (Å²) >= 11 is 5.04. The molecular weight excluding hydrogens is 319 g/mol. The van der Waals surface area contributed by atoms with E-state index in [0.29, 0.717) is 5.69 Å². The van der Waals surface area contributed by atoms with Gasteiger partial charge in [-0.3, -0.25) is 10.1 Å². The number of benzene rings is 2. The molecule has 7 heteroatoms. The number of carbonyl (C=O) groups excluding carboxylic acids is 2. The van der Waals surface area contributed by atoms with Gasteiger partial charge in [-0.15, -0.1) is 0 Å². The lowest BCUT2D eigenvalue weighted by Crippen LogP contribution is -2.34. The normalized spacial score (nSPS) is 9.83. The molecule has 0 aliphatic carbocycles. The largest absolute Gasteiger partial charge is 0.465 e. The number of esters is 1. The van der Waals surface area contributed by atoms with Crippen LogP contribution in [-0.2, 0) is 4.74 Å². The monoisotopic (exact) mass is 332 g/mol. The number of ether oxygens (including phenoxy) is 1. The first-order valence-electron chi connectivity index (χ1n) is 6.56. The van der Waals surface area contributed by atoms with Crippen molar-refractivity contribution in [1.82, 2.24) is 5.32 Å². The van der Waals surface area contributed by atoms with Crippen LogP contribution in [0.25, 0.3) is 0 Å². The van der Waals surface area contributed by atoms with Crippen molar-refractivity contribution in [2.75, 3.05) is 12.4 Å². The molecule has 2 rings (SSSR count). The molecule has 0 heterocycles. The summed E-state index contributed by atoms with van der Waals surface area (Å²) in [5.74, 6) is -1.61. The highest BCUT2D eigenvalue weighted by Crippen LogP contribution is 2.16. The number of carbonyl (C=O) groups is 2. The van der Waals surface area contributed by atoms with E-state index < -0.39 is 17.7 Å². The third-order valence-electron chi connectivity index (χ3n) is 2.89. The molecule has 0 aromatic heterocycles. The topological polar surface area (TPSA) is 67.4 Å². The third-order valence-corrected chi connectivity index (χ3v) is 3.10.